The lowest BCUT2D eigenvalue weighted by molar-refractivity contribution is -0.134. The summed E-state index contributed by atoms with van der Waals surface area (Å²) in [6, 6.07) is 5.03. The molecule has 1 aliphatic heterocycles. The number of rotatable bonds is 6. The van der Waals surface area contributed by atoms with Crippen LogP contribution in [0.15, 0.2) is 24.4 Å². The minimum atomic E-state index is -0.421. The molecule has 39 heavy (non-hydrogen) atoms. The second-order valence-electron chi connectivity index (χ2n) is 11.4. The Labute approximate surface area is 234 Å². The third kappa shape index (κ3) is 5.96. The van der Waals surface area contributed by atoms with E-state index in [1.54, 1.807) is 10.7 Å². The van der Waals surface area contributed by atoms with Crippen molar-refractivity contribution < 1.29 is 14.0 Å². The molecule has 0 bridgehead atoms. The van der Waals surface area contributed by atoms with Crippen molar-refractivity contribution >= 4 is 40.1 Å². The fourth-order valence-corrected chi connectivity index (χ4v) is 6.52. The molecule has 1 saturated heterocycles. The van der Waals surface area contributed by atoms with E-state index in [2.05, 4.69) is 15.4 Å². The van der Waals surface area contributed by atoms with Crippen LogP contribution >= 0.6 is 11.6 Å². The Morgan fingerprint density at radius 2 is 1.90 bits per heavy atom. The lowest BCUT2D eigenvalue weighted by Gasteiger charge is -2.31. The Morgan fingerprint density at radius 3 is 2.64 bits per heavy atom. The minimum absolute atomic E-state index is 0.0955. The lowest BCUT2D eigenvalue weighted by Crippen LogP contribution is -2.37. The van der Waals surface area contributed by atoms with Gasteiger partial charge in [-0.15, -0.1) is 0 Å². The van der Waals surface area contributed by atoms with Gasteiger partial charge in [0.15, 0.2) is 5.82 Å². The molecule has 2 amide bonds. The standard InChI is InChI=1S/C30H37ClFN5O2/c1-18(2)29-23-14-21(15-25(32)28(23)35-36(29)3)22-16-26(33-17-24(22)31)34-30(39)20-9-7-8-19(12-20)13-27(38)37-10-5-4-6-11-37/h14-20H,4-13H2,1-3H3,(H,33,34,39)/t19-,20+/m1/s1. The Balaban J connectivity index is 1.31. The van der Waals surface area contributed by atoms with Gasteiger partial charge in [0.05, 0.1) is 5.02 Å². The largest absolute Gasteiger partial charge is 0.343 e. The first-order valence-corrected chi connectivity index (χ1v) is 14.5. The number of nitrogens with one attached hydrogen (secondary N) is 1. The van der Waals surface area contributed by atoms with Crippen LogP contribution in [0.4, 0.5) is 10.2 Å². The number of carbonyl (C=O) groups excluding carboxylic acids is 2. The summed E-state index contributed by atoms with van der Waals surface area (Å²) in [7, 11) is 1.82. The number of halogens is 2. The fraction of sp³-hybridized carbons (Fsp3) is 0.533. The predicted octanol–water partition coefficient (Wildman–Crippen LogP) is 6.70. The number of aromatic nitrogens is 3. The number of benzene rings is 1. The van der Waals surface area contributed by atoms with E-state index in [4.69, 9.17) is 11.6 Å². The number of amides is 2. The molecular weight excluding hydrogens is 517 g/mol. The topological polar surface area (TPSA) is 80.1 Å². The Bertz CT molecular complexity index is 1380. The quantitative estimate of drug-likeness (QED) is 0.368. The first-order valence-electron chi connectivity index (χ1n) is 14.1. The van der Waals surface area contributed by atoms with E-state index in [1.165, 1.54) is 18.7 Å². The maximum atomic E-state index is 15.1. The number of hydrogen-bond donors (Lipinski definition) is 1. The smallest absolute Gasteiger partial charge is 0.228 e. The second kappa shape index (κ2) is 11.6. The van der Waals surface area contributed by atoms with Gasteiger partial charge in [0, 0.05) is 55.3 Å². The van der Waals surface area contributed by atoms with Crippen molar-refractivity contribution in [2.45, 2.75) is 71.1 Å². The van der Waals surface area contributed by atoms with Crippen molar-refractivity contribution in [3.63, 3.8) is 0 Å². The Hall–Kier alpha value is -3.00. The zero-order chi connectivity index (χ0) is 27.7. The highest BCUT2D eigenvalue weighted by Crippen LogP contribution is 2.36. The number of carbonyl (C=O) groups is 2. The van der Waals surface area contributed by atoms with Crippen LogP contribution in [0.25, 0.3) is 22.0 Å². The number of pyridine rings is 1. The molecular formula is C30H37ClFN5O2. The third-order valence-electron chi connectivity index (χ3n) is 8.23. The van der Waals surface area contributed by atoms with Crippen LogP contribution in [-0.4, -0.2) is 44.6 Å². The van der Waals surface area contributed by atoms with Crippen molar-refractivity contribution in [1.82, 2.24) is 19.7 Å². The van der Waals surface area contributed by atoms with Crippen LogP contribution in [0.2, 0.25) is 5.02 Å². The highest BCUT2D eigenvalue weighted by atomic mass is 35.5. The molecule has 2 aromatic heterocycles. The molecule has 2 aliphatic rings. The van der Waals surface area contributed by atoms with Gasteiger partial charge >= 0.3 is 0 Å². The SMILES string of the molecule is CC(C)c1c2cc(-c3cc(NC(=O)[C@H]4CCC[C@@H](CC(=O)N5CCCCC5)C4)ncc3Cl)cc(F)c2nn1C. The number of hydrogen-bond acceptors (Lipinski definition) is 4. The molecule has 0 unspecified atom stereocenters. The number of fused-ring (bicyclic) bond motifs is 1. The molecule has 1 N–H and O–H groups in total. The highest BCUT2D eigenvalue weighted by Gasteiger charge is 2.30. The number of aryl methyl sites for hydroxylation is 1. The zero-order valence-electron chi connectivity index (χ0n) is 23.0. The lowest BCUT2D eigenvalue weighted by atomic mass is 9.79. The van der Waals surface area contributed by atoms with E-state index in [-0.39, 0.29) is 29.6 Å². The van der Waals surface area contributed by atoms with E-state index in [9.17, 15) is 9.59 Å². The molecule has 0 spiro atoms. The molecule has 1 aromatic carbocycles. The fourth-order valence-electron chi connectivity index (χ4n) is 6.30. The van der Waals surface area contributed by atoms with Gasteiger partial charge in [-0.1, -0.05) is 31.9 Å². The number of piperidine rings is 1. The van der Waals surface area contributed by atoms with Crippen LogP contribution in [0.3, 0.4) is 0 Å². The van der Waals surface area contributed by atoms with E-state index in [0.717, 1.165) is 56.3 Å². The van der Waals surface area contributed by atoms with E-state index >= 15 is 4.39 Å². The van der Waals surface area contributed by atoms with Crippen molar-refractivity contribution in [3.05, 3.63) is 40.9 Å². The molecule has 2 atom stereocenters. The predicted molar refractivity (Wildman–Crippen MR) is 152 cm³/mol. The summed E-state index contributed by atoms with van der Waals surface area (Å²) < 4.78 is 16.8. The zero-order valence-corrected chi connectivity index (χ0v) is 23.7. The van der Waals surface area contributed by atoms with Crippen molar-refractivity contribution in [3.8, 4) is 11.1 Å². The third-order valence-corrected chi connectivity index (χ3v) is 8.53. The maximum absolute atomic E-state index is 15.1. The van der Waals surface area contributed by atoms with Gasteiger partial charge in [-0.05, 0) is 74.1 Å². The van der Waals surface area contributed by atoms with Crippen LogP contribution < -0.4 is 5.32 Å². The van der Waals surface area contributed by atoms with Crippen LogP contribution in [0.5, 0.6) is 0 Å². The van der Waals surface area contributed by atoms with E-state index < -0.39 is 5.82 Å². The minimum Gasteiger partial charge on any atom is -0.343 e. The van der Waals surface area contributed by atoms with Crippen molar-refractivity contribution in [1.29, 1.82) is 0 Å². The average molecular weight is 554 g/mol. The summed E-state index contributed by atoms with van der Waals surface area (Å²) >= 11 is 6.50. The molecule has 0 radical (unpaired) electrons. The molecule has 9 heteroatoms. The van der Waals surface area contributed by atoms with Gasteiger partial charge in [0.2, 0.25) is 11.8 Å². The average Bonchev–Trinajstić information content (AvgIpc) is 3.27. The number of nitrogens with zero attached hydrogens (tertiary/aromatic N) is 4. The molecule has 208 valence electrons. The molecule has 1 saturated carbocycles. The molecule has 5 rings (SSSR count). The highest BCUT2D eigenvalue weighted by molar-refractivity contribution is 6.33. The van der Waals surface area contributed by atoms with Crippen LogP contribution in [0, 0.1) is 17.7 Å². The summed E-state index contributed by atoms with van der Waals surface area (Å²) in [6.07, 6.45) is 8.77. The monoisotopic (exact) mass is 553 g/mol. The summed E-state index contributed by atoms with van der Waals surface area (Å²) in [5.41, 5.74) is 2.46. The van der Waals surface area contributed by atoms with Crippen LogP contribution in [-0.2, 0) is 16.6 Å². The normalized spacial score (nSPS) is 20.0. The van der Waals surface area contributed by atoms with Crippen molar-refractivity contribution in [2.75, 3.05) is 18.4 Å². The molecule has 3 heterocycles. The first-order chi connectivity index (χ1) is 18.7. The van der Waals surface area contributed by atoms with Gasteiger partial charge in [0.25, 0.3) is 0 Å². The summed E-state index contributed by atoms with van der Waals surface area (Å²) in [4.78, 5) is 32.3. The maximum Gasteiger partial charge on any atom is 0.228 e. The van der Waals surface area contributed by atoms with Crippen molar-refractivity contribution in [2.24, 2.45) is 18.9 Å². The van der Waals surface area contributed by atoms with Gasteiger partial charge in [-0.3, -0.25) is 14.3 Å². The summed E-state index contributed by atoms with van der Waals surface area (Å²) in [5, 5.41) is 8.44. The first kappa shape index (κ1) is 27.6. The number of likely N-dealkylation sites (tertiary alicyclic amines) is 1. The Morgan fingerprint density at radius 1 is 1.13 bits per heavy atom. The van der Waals surface area contributed by atoms with E-state index in [0.29, 0.717) is 40.3 Å². The van der Waals surface area contributed by atoms with Gasteiger partial charge < -0.3 is 10.2 Å². The summed E-state index contributed by atoms with van der Waals surface area (Å²) in [6.45, 7) is 5.81. The molecule has 1 aliphatic carbocycles. The second-order valence-corrected chi connectivity index (χ2v) is 11.8. The molecule has 2 fully saturated rings. The van der Waals surface area contributed by atoms with E-state index in [1.807, 2.05) is 31.9 Å². The van der Waals surface area contributed by atoms with Gasteiger partial charge in [0.1, 0.15) is 11.3 Å². The molecule has 3 aromatic rings. The van der Waals surface area contributed by atoms with Gasteiger partial charge in [-0.2, -0.15) is 5.10 Å². The summed E-state index contributed by atoms with van der Waals surface area (Å²) in [5.74, 6) is 0.299. The van der Waals surface area contributed by atoms with Gasteiger partial charge in [-0.25, -0.2) is 9.37 Å². The molecule has 7 nitrogen and oxygen atoms in total. The number of anilines is 1. The van der Waals surface area contributed by atoms with Crippen LogP contribution in [0.1, 0.15) is 76.8 Å². The Kier molecular flexibility index (Phi) is 8.21.